The Morgan fingerprint density at radius 2 is 1.19 bits per heavy atom. The molecule has 0 N–H and O–H groups in total. The second-order valence-corrected chi connectivity index (χ2v) is 5.78. The zero-order valence-electron chi connectivity index (χ0n) is 14.6. The molecular weight excluding hydrogens is 336 g/mol. The summed E-state index contributed by atoms with van der Waals surface area (Å²) in [6.07, 6.45) is 4.61. The Labute approximate surface area is 158 Å². The second-order valence-electron chi connectivity index (χ2n) is 5.78. The van der Waals surface area contributed by atoms with Gasteiger partial charge in [-0.25, -0.2) is 4.79 Å². The van der Waals surface area contributed by atoms with E-state index in [-0.39, 0.29) is 5.57 Å². The fraction of sp³-hybridized carbons (Fsp3) is 0. The van der Waals surface area contributed by atoms with Crippen molar-refractivity contribution in [3.05, 3.63) is 114 Å². The minimum Gasteiger partial charge on any atom is -0.423 e. The van der Waals surface area contributed by atoms with Crippen LogP contribution in [0.5, 0.6) is 5.75 Å². The lowest BCUT2D eigenvalue weighted by molar-refractivity contribution is -0.131. The summed E-state index contributed by atoms with van der Waals surface area (Å²) in [6.45, 7) is 0. The number of rotatable bonds is 6. The first kappa shape index (κ1) is 18.1. The normalized spacial score (nSPS) is 11.3. The molecule has 3 aromatic rings. The summed E-state index contributed by atoms with van der Waals surface area (Å²) < 4.78 is 5.36. The van der Waals surface area contributed by atoms with Gasteiger partial charge in [0.2, 0.25) is 0 Å². The molecule has 0 bridgehead atoms. The number of ether oxygens (including phenoxy) is 1. The molecule has 0 atom stereocenters. The minimum atomic E-state index is -0.687. The molecule has 0 aliphatic heterocycles. The maximum atomic E-state index is 12.7. The average molecular weight is 354 g/mol. The van der Waals surface area contributed by atoms with Crippen LogP contribution in [0.25, 0.3) is 12.2 Å². The molecule has 0 aliphatic carbocycles. The molecule has 3 rings (SSSR count). The molecule has 0 radical (unpaired) electrons. The van der Waals surface area contributed by atoms with Gasteiger partial charge in [0, 0.05) is 0 Å². The summed E-state index contributed by atoms with van der Waals surface area (Å²) in [5, 5.41) is 0. The summed E-state index contributed by atoms with van der Waals surface area (Å²) in [4.78, 5) is 25.3. The van der Waals surface area contributed by atoms with Crippen LogP contribution in [-0.4, -0.2) is 11.8 Å². The van der Waals surface area contributed by atoms with Crippen LogP contribution in [0.15, 0.2) is 103 Å². The van der Waals surface area contributed by atoms with E-state index in [1.54, 1.807) is 36.4 Å². The lowest BCUT2D eigenvalue weighted by atomic mass is 10.1. The van der Waals surface area contributed by atoms with Crippen LogP contribution >= 0.6 is 0 Å². The van der Waals surface area contributed by atoms with Gasteiger partial charge in [-0.2, -0.15) is 0 Å². The van der Waals surface area contributed by atoms with Gasteiger partial charge in [0.1, 0.15) is 11.3 Å². The van der Waals surface area contributed by atoms with Gasteiger partial charge in [0.25, 0.3) is 0 Å². The van der Waals surface area contributed by atoms with Crippen molar-refractivity contribution in [1.82, 2.24) is 0 Å². The number of carbonyl (C=O) groups is 2. The first-order chi connectivity index (χ1) is 13.2. The monoisotopic (exact) mass is 354 g/mol. The third-order valence-electron chi connectivity index (χ3n) is 3.78. The fourth-order valence-corrected chi connectivity index (χ4v) is 2.42. The van der Waals surface area contributed by atoms with E-state index in [9.17, 15) is 9.59 Å². The predicted molar refractivity (Wildman–Crippen MR) is 107 cm³/mol. The van der Waals surface area contributed by atoms with Gasteiger partial charge in [0.05, 0.1) is 0 Å². The van der Waals surface area contributed by atoms with E-state index in [1.165, 1.54) is 6.08 Å². The second kappa shape index (κ2) is 9.11. The van der Waals surface area contributed by atoms with Crippen LogP contribution in [0.1, 0.15) is 11.1 Å². The van der Waals surface area contributed by atoms with E-state index in [0.717, 1.165) is 11.1 Å². The summed E-state index contributed by atoms with van der Waals surface area (Å²) >= 11 is 0. The predicted octanol–water partition coefficient (Wildman–Crippen LogP) is 4.96. The highest BCUT2D eigenvalue weighted by atomic mass is 16.5. The highest BCUT2D eigenvalue weighted by Crippen LogP contribution is 2.15. The molecule has 0 saturated heterocycles. The van der Waals surface area contributed by atoms with E-state index in [4.69, 9.17) is 4.74 Å². The van der Waals surface area contributed by atoms with E-state index >= 15 is 0 Å². The van der Waals surface area contributed by atoms with Crippen molar-refractivity contribution >= 4 is 23.9 Å². The van der Waals surface area contributed by atoms with Gasteiger partial charge < -0.3 is 4.74 Å². The zero-order chi connectivity index (χ0) is 18.9. The standard InChI is InChI=1S/C24H18O3/c25-23(17-16-19-10-4-1-5-11-19)22(18-20-12-6-2-7-13-20)24(26)27-21-14-8-3-9-15-21/h1-18H. The maximum Gasteiger partial charge on any atom is 0.347 e. The van der Waals surface area contributed by atoms with Crippen LogP contribution < -0.4 is 4.74 Å². The number of hydrogen-bond donors (Lipinski definition) is 0. The molecule has 3 heteroatoms. The van der Waals surface area contributed by atoms with Crippen LogP contribution in [0, 0.1) is 0 Å². The number of ketones is 1. The lowest BCUT2D eigenvalue weighted by Crippen LogP contribution is -2.17. The summed E-state index contributed by atoms with van der Waals surface area (Å²) in [6, 6.07) is 27.3. The van der Waals surface area contributed by atoms with E-state index in [2.05, 4.69) is 0 Å². The molecule has 132 valence electrons. The Morgan fingerprint density at radius 3 is 1.78 bits per heavy atom. The topological polar surface area (TPSA) is 43.4 Å². The van der Waals surface area contributed by atoms with Crippen molar-refractivity contribution in [3.63, 3.8) is 0 Å². The van der Waals surface area contributed by atoms with E-state index in [1.807, 2.05) is 66.7 Å². The number of allylic oxidation sites excluding steroid dienone is 1. The van der Waals surface area contributed by atoms with Gasteiger partial charge >= 0.3 is 5.97 Å². The summed E-state index contributed by atoms with van der Waals surface area (Å²) in [5.74, 6) is -0.710. The number of carbonyl (C=O) groups excluding carboxylic acids is 2. The molecule has 0 aromatic heterocycles. The van der Waals surface area contributed by atoms with Crippen molar-refractivity contribution in [2.45, 2.75) is 0 Å². The van der Waals surface area contributed by atoms with Gasteiger partial charge in [-0.1, -0.05) is 84.9 Å². The van der Waals surface area contributed by atoms with E-state index in [0.29, 0.717) is 5.75 Å². The quantitative estimate of drug-likeness (QED) is 0.207. The van der Waals surface area contributed by atoms with Crippen LogP contribution in [0.2, 0.25) is 0 Å². The minimum absolute atomic E-state index is 0.0303. The van der Waals surface area contributed by atoms with Crippen LogP contribution in [0.3, 0.4) is 0 Å². The Kier molecular flexibility index (Phi) is 6.10. The lowest BCUT2D eigenvalue weighted by Gasteiger charge is -2.06. The smallest absolute Gasteiger partial charge is 0.347 e. The summed E-state index contributed by atoms with van der Waals surface area (Å²) in [7, 11) is 0. The van der Waals surface area contributed by atoms with Crippen molar-refractivity contribution in [3.8, 4) is 5.75 Å². The van der Waals surface area contributed by atoms with Crippen molar-refractivity contribution in [2.24, 2.45) is 0 Å². The molecular formula is C24H18O3. The molecule has 0 unspecified atom stereocenters. The Balaban J connectivity index is 1.87. The van der Waals surface area contributed by atoms with Gasteiger partial charge in [-0.15, -0.1) is 0 Å². The molecule has 0 spiro atoms. The van der Waals surface area contributed by atoms with Crippen molar-refractivity contribution in [2.75, 3.05) is 0 Å². The molecule has 3 aromatic carbocycles. The van der Waals surface area contributed by atoms with Crippen molar-refractivity contribution in [1.29, 1.82) is 0 Å². The first-order valence-electron chi connectivity index (χ1n) is 8.54. The molecule has 27 heavy (non-hydrogen) atoms. The van der Waals surface area contributed by atoms with Gasteiger partial charge in [0.15, 0.2) is 5.78 Å². The fourth-order valence-electron chi connectivity index (χ4n) is 2.42. The Bertz CT molecular complexity index is 956. The number of hydrogen-bond acceptors (Lipinski definition) is 3. The van der Waals surface area contributed by atoms with Crippen molar-refractivity contribution < 1.29 is 14.3 Å². The third kappa shape index (κ3) is 5.38. The maximum absolute atomic E-state index is 12.7. The summed E-state index contributed by atoms with van der Waals surface area (Å²) in [5.41, 5.74) is 1.59. The third-order valence-corrected chi connectivity index (χ3v) is 3.78. The number of para-hydroxylation sites is 1. The molecule has 0 heterocycles. The Hall–Kier alpha value is -3.72. The molecule has 0 fully saturated rings. The molecule has 0 aliphatic rings. The van der Waals surface area contributed by atoms with Gasteiger partial charge in [-0.05, 0) is 35.4 Å². The first-order valence-corrected chi connectivity index (χ1v) is 8.54. The van der Waals surface area contributed by atoms with Crippen LogP contribution in [-0.2, 0) is 9.59 Å². The Morgan fingerprint density at radius 1 is 0.667 bits per heavy atom. The largest absolute Gasteiger partial charge is 0.423 e. The van der Waals surface area contributed by atoms with Gasteiger partial charge in [-0.3, -0.25) is 4.79 Å². The average Bonchev–Trinajstić information content (AvgIpc) is 2.72. The zero-order valence-corrected chi connectivity index (χ0v) is 14.6. The molecule has 0 amide bonds. The number of benzene rings is 3. The highest BCUT2D eigenvalue weighted by molar-refractivity contribution is 6.25. The number of esters is 1. The molecule has 0 saturated carbocycles. The molecule has 3 nitrogen and oxygen atoms in total. The van der Waals surface area contributed by atoms with Crippen LogP contribution in [0.4, 0.5) is 0 Å². The van der Waals surface area contributed by atoms with E-state index < -0.39 is 11.8 Å². The SMILES string of the molecule is O=C(C=Cc1ccccc1)C(=Cc1ccccc1)C(=O)Oc1ccccc1. The highest BCUT2D eigenvalue weighted by Gasteiger charge is 2.18.